The highest BCUT2D eigenvalue weighted by Gasteiger charge is 2.30. The third-order valence-electron chi connectivity index (χ3n) is 6.27. The maximum atomic E-state index is 12.6. The van der Waals surface area contributed by atoms with Gasteiger partial charge in [0.25, 0.3) is 0 Å². The lowest BCUT2D eigenvalue weighted by atomic mass is 10.00. The van der Waals surface area contributed by atoms with Crippen LogP contribution < -0.4 is 15.8 Å². The van der Waals surface area contributed by atoms with Crippen molar-refractivity contribution >= 4 is 23.2 Å². The molecule has 1 atom stereocenters. The summed E-state index contributed by atoms with van der Waals surface area (Å²) in [6.07, 6.45) is 0.141. The standard InChI is InChI=1S/C29H37ClN6O5/c1-3-32-27(37)19-25-29-35-34-20(2)36(29)26-9-8-23(41-17-16-40-15-14-39-13-12-38-11-10-31)18-24(26)28(33-25)21-4-6-22(30)7-5-21/h4-9,18,25H,3,10-17,19,31H2,1-2H3,(H,32,37)/t25-/m0/s1. The number of carbonyl (C=O) groups is 1. The molecule has 12 heteroatoms. The molecule has 0 radical (unpaired) electrons. The van der Waals surface area contributed by atoms with Crippen molar-refractivity contribution in [3.05, 3.63) is 70.3 Å². The monoisotopic (exact) mass is 584 g/mol. The Morgan fingerprint density at radius 3 is 2.34 bits per heavy atom. The third-order valence-corrected chi connectivity index (χ3v) is 6.52. The molecule has 1 aliphatic rings. The molecule has 0 saturated carbocycles. The van der Waals surface area contributed by atoms with E-state index in [2.05, 4.69) is 15.5 Å². The van der Waals surface area contributed by atoms with Gasteiger partial charge in [0.2, 0.25) is 5.91 Å². The van der Waals surface area contributed by atoms with Crippen molar-refractivity contribution in [2.75, 3.05) is 59.3 Å². The Morgan fingerprint density at radius 1 is 0.976 bits per heavy atom. The van der Waals surface area contributed by atoms with Gasteiger partial charge in [-0.2, -0.15) is 0 Å². The summed E-state index contributed by atoms with van der Waals surface area (Å²) in [6.45, 7) is 8.07. The van der Waals surface area contributed by atoms with Gasteiger partial charge in [-0.05, 0) is 44.2 Å². The van der Waals surface area contributed by atoms with Crippen LogP contribution in [0.1, 0.15) is 42.2 Å². The number of hydrogen-bond donors (Lipinski definition) is 2. The number of aliphatic imine (C=N–C) groups is 1. The fraction of sp³-hybridized carbons (Fsp3) is 0.448. The van der Waals surface area contributed by atoms with E-state index in [1.165, 1.54) is 0 Å². The summed E-state index contributed by atoms with van der Waals surface area (Å²) in [6, 6.07) is 12.8. The topological polar surface area (TPSA) is 135 Å². The molecule has 1 aliphatic heterocycles. The first-order valence-electron chi connectivity index (χ1n) is 13.7. The predicted molar refractivity (Wildman–Crippen MR) is 156 cm³/mol. The van der Waals surface area contributed by atoms with E-state index in [1.54, 1.807) is 0 Å². The van der Waals surface area contributed by atoms with Gasteiger partial charge in [-0.1, -0.05) is 23.7 Å². The molecule has 0 spiro atoms. The van der Waals surface area contributed by atoms with Crippen LogP contribution in [0.15, 0.2) is 47.5 Å². The number of halogens is 1. The van der Waals surface area contributed by atoms with Gasteiger partial charge in [-0.25, -0.2) is 0 Å². The van der Waals surface area contributed by atoms with Crippen molar-refractivity contribution in [3.8, 4) is 11.4 Å². The Bertz CT molecular complexity index is 1310. The summed E-state index contributed by atoms with van der Waals surface area (Å²) in [5.41, 5.74) is 8.64. The second kappa shape index (κ2) is 15.6. The molecular formula is C29H37ClN6O5. The van der Waals surface area contributed by atoms with Crippen LogP contribution in [0.5, 0.6) is 5.75 Å². The maximum Gasteiger partial charge on any atom is 0.222 e. The zero-order valence-electron chi connectivity index (χ0n) is 23.5. The average Bonchev–Trinajstić information content (AvgIpc) is 3.29. The number of nitrogens with two attached hydrogens (primary N) is 1. The smallest absolute Gasteiger partial charge is 0.222 e. The molecule has 1 amide bonds. The van der Waals surface area contributed by atoms with Gasteiger partial charge in [0, 0.05) is 29.2 Å². The van der Waals surface area contributed by atoms with E-state index in [0.29, 0.717) is 87.5 Å². The van der Waals surface area contributed by atoms with Gasteiger partial charge in [0.15, 0.2) is 5.82 Å². The van der Waals surface area contributed by atoms with Crippen molar-refractivity contribution < 1.29 is 23.7 Å². The molecule has 11 nitrogen and oxygen atoms in total. The summed E-state index contributed by atoms with van der Waals surface area (Å²) >= 11 is 6.19. The number of amides is 1. The first-order valence-corrected chi connectivity index (χ1v) is 14.1. The minimum Gasteiger partial charge on any atom is -0.491 e. The van der Waals surface area contributed by atoms with E-state index in [-0.39, 0.29) is 12.3 Å². The Kier molecular flexibility index (Phi) is 11.6. The van der Waals surface area contributed by atoms with Crippen LogP contribution in [0.4, 0.5) is 0 Å². The number of benzene rings is 2. The van der Waals surface area contributed by atoms with E-state index in [1.807, 2.05) is 60.9 Å². The Morgan fingerprint density at radius 2 is 1.66 bits per heavy atom. The van der Waals surface area contributed by atoms with Crippen LogP contribution in [0, 0.1) is 6.92 Å². The Balaban J connectivity index is 1.51. The number of hydrogen-bond acceptors (Lipinski definition) is 9. The second-order valence-corrected chi connectivity index (χ2v) is 9.69. The summed E-state index contributed by atoms with van der Waals surface area (Å²) in [4.78, 5) is 17.7. The van der Waals surface area contributed by atoms with Crippen LogP contribution in [-0.4, -0.2) is 85.7 Å². The average molecular weight is 585 g/mol. The lowest BCUT2D eigenvalue weighted by Gasteiger charge is -2.15. The van der Waals surface area contributed by atoms with Gasteiger partial charge in [0.1, 0.15) is 24.2 Å². The molecule has 0 fully saturated rings. The quantitative estimate of drug-likeness (QED) is 0.245. The molecule has 41 heavy (non-hydrogen) atoms. The highest BCUT2D eigenvalue weighted by Crippen LogP contribution is 2.34. The van der Waals surface area contributed by atoms with E-state index >= 15 is 0 Å². The van der Waals surface area contributed by atoms with Gasteiger partial charge in [-0.15, -0.1) is 10.2 Å². The molecule has 1 aromatic heterocycles. The number of ether oxygens (including phenoxy) is 4. The number of nitrogens with zero attached hydrogens (tertiary/aromatic N) is 4. The van der Waals surface area contributed by atoms with Crippen molar-refractivity contribution in [2.45, 2.75) is 26.3 Å². The SMILES string of the molecule is CCNC(=O)C[C@@H]1N=C(c2ccc(Cl)cc2)c2cc(OCCOCCOCCOCCN)ccc2-n2c(C)nnc21. The third kappa shape index (κ3) is 8.34. The number of nitrogens with one attached hydrogen (secondary N) is 1. The molecule has 0 unspecified atom stereocenters. The number of rotatable bonds is 16. The summed E-state index contributed by atoms with van der Waals surface area (Å²) in [7, 11) is 0. The van der Waals surface area contributed by atoms with E-state index in [0.717, 1.165) is 16.8 Å². The molecule has 220 valence electrons. The molecular weight excluding hydrogens is 548 g/mol. The molecule has 4 rings (SSSR count). The zero-order chi connectivity index (χ0) is 29.0. The lowest BCUT2D eigenvalue weighted by Crippen LogP contribution is -2.25. The minimum atomic E-state index is -0.534. The van der Waals surface area contributed by atoms with Crippen LogP contribution in [-0.2, 0) is 19.0 Å². The van der Waals surface area contributed by atoms with Gasteiger partial charge in [-0.3, -0.25) is 14.4 Å². The maximum absolute atomic E-state index is 12.6. The van der Waals surface area contributed by atoms with Crippen molar-refractivity contribution in [1.82, 2.24) is 20.1 Å². The lowest BCUT2D eigenvalue weighted by molar-refractivity contribution is -0.121. The summed E-state index contributed by atoms with van der Waals surface area (Å²) in [5, 5.41) is 12.2. The molecule has 0 bridgehead atoms. The Labute approximate surface area is 245 Å². The second-order valence-electron chi connectivity index (χ2n) is 9.25. The number of fused-ring (bicyclic) bond motifs is 3. The molecule has 2 heterocycles. The fourth-order valence-electron chi connectivity index (χ4n) is 4.43. The van der Waals surface area contributed by atoms with Gasteiger partial charge < -0.3 is 30.0 Å². The highest BCUT2D eigenvalue weighted by atomic mass is 35.5. The first kappa shape index (κ1) is 30.6. The number of carbonyl (C=O) groups excluding carboxylic acids is 1. The molecule has 0 saturated heterocycles. The van der Waals surface area contributed by atoms with Crippen LogP contribution in [0.3, 0.4) is 0 Å². The van der Waals surface area contributed by atoms with Gasteiger partial charge in [0.05, 0.1) is 57.5 Å². The molecule has 3 aromatic rings. The van der Waals surface area contributed by atoms with Gasteiger partial charge >= 0.3 is 0 Å². The molecule has 3 N–H and O–H groups in total. The van der Waals surface area contributed by atoms with Crippen molar-refractivity contribution in [2.24, 2.45) is 10.7 Å². The Hall–Kier alpha value is -3.35. The van der Waals surface area contributed by atoms with E-state index in [9.17, 15) is 4.79 Å². The van der Waals surface area contributed by atoms with Crippen LogP contribution >= 0.6 is 11.6 Å². The minimum absolute atomic E-state index is 0.107. The largest absolute Gasteiger partial charge is 0.491 e. The predicted octanol–water partition coefficient (Wildman–Crippen LogP) is 3.03. The van der Waals surface area contributed by atoms with E-state index in [4.69, 9.17) is 41.3 Å². The fourth-order valence-corrected chi connectivity index (χ4v) is 4.55. The molecule has 0 aliphatic carbocycles. The summed E-state index contributed by atoms with van der Waals surface area (Å²) in [5.74, 6) is 1.86. The summed E-state index contributed by atoms with van der Waals surface area (Å²) < 4.78 is 24.4. The normalized spacial score (nSPS) is 14.1. The highest BCUT2D eigenvalue weighted by molar-refractivity contribution is 6.30. The zero-order valence-corrected chi connectivity index (χ0v) is 24.2. The molecule has 2 aromatic carbocycles. The van der Waals surface area contributed by atoms with Crippen molar-refractivity contribution in [1.29, 1.82) is 0 Å². The number of aryl methyl sites for hydroxylation is 1. The van der Waals surface area contributed by atoms with Crippen LogP contribution in [0.25, 0.3) is 5.69 Å². The first-order chi connectivity index (χ1) is 20.0. The number of aromatic nitrogens is 3. The van der Waals surface area contributed by atoms with E-state index < -0.39 is 6.04 Å². The van der Waals surface area contributed by atoms with Crippen LogP contribution in [0.2, 0.25) is 5.02 Å². The van der Waals surface area contributed by atoms with Crippen molar-refractivity contribution in [3.63, 3.8) is 0 Å².